The van der Waals surface area contributed by atoms with Crippen molar-refractivity contribution in [3.8, 4) is 0 Å². The molecule has 6 heteroatoms. The Hall–Kier alpha value is -2.37. The number of rotatable bonds is 4. The molecule has 1 aromatic carbocycles. The lowest BCUT2D eigenvalue weighted by Crippen LogP contribution is -2.34. The lowest BCUT2D eigenvalue weighted by atomic mass is 9.70. The summed E-state index contributed by atoms with van der Waals surface area (Å²) in [5.74, 6) is 0.0329. The summed E-state index contributed by atoms with van der Waals surface area (Å²) in [4.78, 5) is 24.2. The first-order valence-electron chi connectivity index (χ1n) is 9.27. The second kappa shape index (κ2) is 5.83. The van der Waals surface area contributed by atoms with Crippen molar-refractivity contribution in [3.05, 3.63) is 34.8 Å². The minimum Gasteiger partial charge on any atom is -0.408 e. The molecular weight excluding hydrogens is 330 g/mol. The van der Waals surface area contributed by atoms with Crippen molar-refractivity contribution in [2.45, 2.75) is 53.0 Å². The number of carbonyl (C=O) groups excluding carboxylic acids is 1. The van der Waals surface area contributed by atoms with E-state index >= 15 is 0 Å². The van der Waals surface area contributed by atoms with E-state index in [1.165, 1.54) is 11.0 Å². The van der Waals surface area contributed by atoms with Gasteiger partial charge in [0, 0.05) is 24.1 Å². The van der Waals surface area contributed by atoms with E-state index < -0.39 is 5.76 Å². The maximum atomic E-state index is 12.3. The zero-order valence-corrected chi connectivity index (χ0v) is 15.5. The first-order valence-corrected chi connectivity index (χ1v) is 9.27. The molecule has 2 atom stereocenters. The molecule has 0 radical (unpaired) electrons. The number of nitrogens with zero attached hydrogens (tertiary/aromatic N) is 2. The first kappa shape index (κ1) is 17.1. The van der Waals surface area contributed by atoms with Crippen LogP contribution in [-0.2, 0) is 11.3 Å². The van der Waals surface area contributed by atoms with Gasteiger partial charge in [-0.1, -0.05) is 32.9 Å². The van der Waals surface area contributed by atoms with Crippen LogP contribution in [0.1, 0.15) is 46.5 Å². The van der Waals surface area contributed by atoms with Crippen LogP contribution in [0.15, 0.2) is 38.6 Å². The van der Waals surface area contributed by atoms with Crippen LogP contribution in [-0.4, -0.2) is 16.2 Å². The highest BCUT2D eigenvalue weighted by Crippen LogP contribution is 2.63. The average molecular weight is 355 g/mol. The van der Waals surface area contributed by atoms with Gasteiger partial charge in [0.15, 0.2) is 5.58 Å². The third kappa shape index (κ3) is 2.42. The third-order valence-corrected chi connectivity index (χ3v) is 6.96. The SMILES string of the molecule is CC1(C)[C@@H]2CC[C@@]1(C)/C(=N/NC(=O)CCn1c(=O)oc3ccccc31)C2. The number of fused-ring (bicyclic) bond motifs is 3. The van der Waals surface area contributed by atoms with E-state index in [9.17, 15) is 9.59 Å². The van der Waals surface area contributed by atoms with Gasteiger partial charge in [0.1, 0.15) is 0 Å². The molecule has 2 bridgehead atoms. The van der Waals surface area contributed by atoms with Gasteiger partial charge in [-0.3, -0.25) is 9.36 Å². The van der Waals surface area contributed by atoms with E-state index in [0.717, 1.165) is 18.6 Å². The molecule has 1 heterocycles. The van der Waals surface area contributed by atoms with Crippen LogP contribution < -0.4 is 11.2 Å². The largest absolute Gasteiger partial charge is 0.419 e. The predicted octanol–water partition coefficient (Wildman–Crippen LogP) is 3.30. The van der Waals surface area contributed by atoms with Crippen LogP contribution in [0.3, 0.4) is 0 Å². The molecule has 4 rings (SSSR count). The van der Waals surface area contributed by atoms with E-state index in [1.807, 2.05) is 18.2 Å². The smallest absolute Gasteiger partial charge is 0.408 e. The number of hydrogen-bond acceptors (Lipinski definition) is 4. The lowest BCUT2D eigenvalue weighted by molar-refractivity contribution is -0.121. The van der Waals surface area contributed by atoms with Gasteiger partial charge >= 0.3 is 5.76 Å². The minimum atomic E-state index is -0.437. The number of hydrogen-bond donors (Lipinski definition) is 1. The van der Waals surface area contributed by atoms with Crippen molar-refractivity contribution in [3.63, 3.8) is 0 Å². The normalized spacial score (nSPS) is 28.1. The van der Waals surface area contributed by atoms with Gasteiger partial charge in [-0.25, -0.2) is 10.2 Å². The van der Waals surface area contributed by atoms with E-state index in [2.05, 4.69) is 31.3 Å². The monoisotopic (exact) mass is 355 g/mol. The Morgan fingerprint density at radius 3 is 2.81 bits per heavy atom. The number of para-hydroxylation sites is 2. The molecular formula is C20H25N3O3. The molecule has 0 saturated heterocycles. The van der Waals surface area contributed by atoms with Crippen molar-refractivity contribution >= 4 is 22.7 Å². The van der Waals surface area contributed by atoms with E-state index in [1.54, 1.807) is 6.07 Å². The molecule has 2 fully saturated rings. The molecule has 2 aliphatic carbocycles. The quantitative estimate of drug-likeness (QED) is 0.855. The number of carbonyl (C=O) groups is 1. The van der Waals surface area contributed by atoms with E-state index in [-0.39, 0.29) is 29.7 Å². The molecule has 2 saturated carbocycles. The van der Waals surface area contributed by atoms with Crippen LogP contribution in [0.5, 0.6) is 0 Å². The highest BCUT2D eigenvalue weighted by Gasteiger charge is 2.59. The molecule has 0 unspecified atom stereocenters. The lowest BCUT2D eigenvalue weighted by Gasteiger charge is -2.34. The Kier molecular flexibility index (Phi) is 3.82. The Bertz CT molecular complexity index is 953. The van der Waals surface area contributed by atoms with Crippen LogP contribution in [0.2, 0.25) is 0 Å². The van der Waals surface area contributed by atoms with Gasteiger partial charge < -0.3 is 4.42 Å². The molecule has 26 heavy (non-hydrogen) atoms. The van der Waals surface area contributed by atoms with Crippen LogP contribution >= 0.6 is 0 Å². The minimum absolute atomic E-state index is 0.0721. The number of benzene rings is 1. The summed E-state index contributed by atoms with van der Waals surface area (Å²) < 4.78 is 6.68. The number of aryl methyl sites for hydroxylation is 1. The zero-order chi connectivity index (χ0) is 18.5. The van der Waals surface area contributed by atoms with E-state index in [0.29, 0.717) is 17.0 Å². The van der Waals surface area contributed by atoms with Crippen LogP contribution in [0.25, 0.3) is 11.1 Å². The van der Waals surface area contributed by atoms with Gasteiger partial charge in [-0.2, -0.15) is 5.10 Å². The van der Waals surface area contributed by atoms with Gasteiger partial charge in [-0.05, 0) is 42.7 Å². The van der Waals surface area contributed by atoms with Gasteiger partial charge in [0.25, 0.3) is 0 Å². The fraction of sp³-hybridized carbons (Fsp3) is 0.550. The Morgan fingerprint density at radius 2 is 2.12 bits per heavy atom. The van der Waals surface area contributed by atoms with E-state index in [4.69, 9.17) is 4.42 Å². The van der Waals surface area contributed by atoms with Crippen molar-refractivity contribution in [2.75, 3.05) is 0 Å². The fourth-order valence-electron chi connectivity index (χ4n) is 4.72. The van der Waals surface area contributed by atoms with Gasteiger partial charge in [0.05, 0.1) is 5.52 Å². The highest BCUT2D eigenvalue weighted by molar-refractivity contribution is 5.95. The van der Waals surface area contributed by atoms with Gasteiger partial charge in [0.2, 0.25) is 5.91 Å². The number of aromatic nitrogens is 1. The average Bonchev–Trinajstić information content (AvgIpc) is 3.11. The molecule has 2 aromatic rings. The number of hydrazone groups is 1. The van der Waals surface area contributed by atoms with Gasteiger partial charge in [-0.15, -0.1) is 0 Å². The number of nitrogens with one attached hydrogen (secondary N) is 1. The second-order valence-corrected chi connectivity index (χ2v) is 8.32. The molecule has 1 amide bonds. The maximum Gasteiger partial charge on any atom is 0.419 e. The zero-order valence-electron chi connectivity index (χ0n) is 15.5. The van der Waals surface area contributed by atoms with Crippen molar-refractivity contribution in [1.82, 2.24) is 9.99 Å². The number of amides is 1. The topological polar surface area (TPSA) is 76.6 Å². The van der Waals surface area contributed by atoms with Crippen molar-refractivity contribution < 1.29 is 9.21 Å². The molecule has 6 nitrogen and oxygen atoms in total. The summed E-state index contributed by atoms with van der Waals surface area (Å²) in [7, 11) is 0. The summed E-state index contributed by atoms with van der Waals surface area (Å²) in [6.45, 7) is 7.16. The summed E-state index contributed by atoms with van der Waals surface area (Å²) in [5.41, 5.74) is 5.37. The summed E-state index contributed by atoms with van der Waals surface area (Å²) >= 11 is 0. The Balaban J connectivity index is 1.42. The van der Waals surface area contributed by atoms with Crippen molar-refractivity contribution in [2.24, 2.45) is 21.8 Å². The molecule has 0 spiro atoms. The molecule has 1 aromatic heterocycles. The summed E-state index contributed by atoms with van der Waals surface area (Å²) in [6, 6.07) is 7.22. The maximum absolute atomic E-state index is 12.3. The fourth-order valence-corrected chi connectivity index (χ4v) is 4.72. The van der Waals surface area contributed by atoms with Crippen LogP contribution in [0.4, 0.5) is 0 Å². The third-order valence-electron chi connectivity index (χ3n) is 6.96. The summed E-state index contributed by atoms with van der Waals surface area (Å²) in [6.07, 6.45) is 3.53. The van der Waals surface area contributed by atoms with Crippen LogP contribution in [0, 0.1) is 16.7 Å². The first-order chi connectivity index (χ1) is 12.3. The highest BCUT2D eigenvalue weighted by atomic mass is 16.4. The second-order valence-electron chi connectivity index (χ2n) is 8.32. The Morgan fingerprint density at radius 1 is 1.35 bits per heavy atom. The number of oxazole rings is 1. The molecule has 2 aliphatic rings. The molecule has 1 N–H and O–H groups in total. The predicted molar refractivity (Wildman–Crippen MR) is 99.9 cm³/mol. The van der Waals surface area contributed by atoms with Crippen molar-refractivity contribution in [1.29, 1.82) is 0 Å². The molecule has 0 aliphatic heterocycles. The summed E-state index contributed by atoms with van der Waals surface area (Å²) in [5, 5.41) is 4.46. The standard InChI is InChI=1S/C20H25N3O3/c1-19(2)13-8-10-20(19,3)16(12-13)21-22-17(24)9-11-23-14-6-4-5-7-15(14)26-18(23)25/h4-7,13H,8-12H2,1-3H3,(H,22,24)/b21-16+/t13-,20+/m1/s1. The Labute approximate surface area is 152 Å². The molecule has 138 valence electrons.